The Bertz CT molecular complexity index is 470. The average molecular weight is 298 g/mol. The summed E-state index contributed by atoms with van der Waals surface area (Å²) in [5.41, 5.74) is 0.390. The quantitative estimate of drug-likeness (QED) is 0.874. The summed E-state index contributed by atoms with van der Waals surface area (Å²) in [7, 11) is 3.83. The van der Waals surface area contributed by atoms with Crippen LogP contribution in [0.5, 0.6) is 0 Å². The van der Waals surface area contributed by atoms with E-state index in [0.717, 1.165) is 32.1 Å². The monoisotopic (exact) mass is 298 g/mol. The first kappa shape index (κ1) is 16.3. The highest BCUT2D eigenvalue weighted by molar-refractivity contribution is 5.22. The average Bonchev–Trinajstić information content (AvgIpc) is 2.90. The summed E-state index contributed by atoms with van der Waals surface area (Å²) in [6.07, 6.45) is 1.97. The van der Waals surface area contributed by atoms with Crippen LogP contribution < -0.4 is 5.32 Å². The number of benzene rings is 1. The van der Waals surface area contributed by atoms with E-state index < -0.39 is 11.6 Å². The minimum atomic E-state index is -0.793. The number of nitrogens with zero attached hydrogens (tertiary/aromatic N) is 1. The van der Waals surface area contributed by atoms with Gasteiger partial charge in [0.15, 0.2) is 11.6 Å². The molecule has 0 aromatic heterocycles. The second-order valence-electron chi connectivity index (χ2n) is 5.69. The maximum absolute atomic E-state index is 13.9. The van der Waals surface area contributed by atoms with Crippen LogP contribution >= 0.6 is 0 Å². The molecule has 1 saturated heterocycles. The van der Waals surface area contributed by atoms with Crippen molar-refractivity contribution in [2.75, 3.05) is 27.2 Å². The molecule has 1 aromatic rings. The maximum Gasteiger partial charge on any atom is 0.163 e. The molecular weight excluding hydrogens is 274 g/mol. The Labute approximate surface area is 125 Å². The fourth-order valence-electron chi connectivity index (χ4n) is 3.04. The van der Waals surface area contributed by atoms with E-state index in [9.17, 15) is 8.78 Å². The van der Waals surface area contributed by atoms with Crippen molar-refractivity contribution in [2.45, 2.75) is 38.0 Å². The Morgan fingerprint density at radius 2 is 2.19 bits per heavy atom. The molecule has 1 aliphatic heterocycles. The molecule has 3 unspecified atom stereocenters. The summed E-state index contributed by atoms with van der Waals surface area (Å²) >= 11 is 0. The van der Waals surface area contributed by atoms with Crippen molar-refractivity contribution in [3.63, 3.8) is 0 Å². The molecule has 0 amide bonds. The Balaban J connectivity index is 1.98. The van der Waals surface area contributed by atoms with Crippen LogP contribution in [-0.4, -0.2) is 44.3 Å². The lowest BCUT2D eigenvalue weighted by Crippen LogP contribution is -2.38. The van der Waals surface area contributed by atoms with Crippen LogP contribution in [-0.2, 0) is 4.74 Å². The van der Waals surface area contributed by atoms with E-state index in [1.165, 1.54) is 0 Å². The molecule has 1 aliphatic rings. The first-order valence-electron chi connectivity index (χ1n) is 7.47. The van der Waals surface area contributed by atoms with Gasteiger partial charge in [-0.1, -0.05) is 12.1 Å². The van der Waals surface area contributed by atoms with Gasteiger partial charge in [0.1, 0.15) is 0 Å². The van der Waals surface area contributed by atoms with Gasteiger partial charge in [0.2, 0.25) is 0 Å². The molecule has 3 atom stereocenters. The highest BCUT2D eigenvalue weighted by Gasteiger charge is 2.28. The third-order valence-electron chi connectivity index (χ3n) is 4.38. The van der Waals surface area contributed by atoms with E-state index in [1.54, 1.807) is 19.2 Å². The minimum absolute atomic E-state index is 0.194. The van der Waals surface area contributed by atoms with E-state index in [4.69, 9.17) is 4.74 Å². The van der Waals surface area contributed by atoms with E-state index in [1.807, 2.05) is 0 Å². The van der Waals surface area contributed by atoms with Crippen LogP contribution in [0, 0.1) is 11.6 Å². The lowest BCUT2D eigenvalue weighted by atomic mass is 10.0. The fourth-order valence-corrected chi connectivity index (χ4v) is 3.04. The normalized spacial score (nSPS) is 23.7. The van der Waals surface area contributed by atoms with Crippen LogP contribution in [0.4, 0.5) is 8.78 Å². The van der Waals surface area contributed by atoms with Gasteiger partial charge < -0.3 is 15.0 Å². The summed E-state index contributed by atoms with van der Waals surface area (Å²) in [6, 6.07) is 4.55. The number of halogens is 2. The molecule has 1 aromatic carbocycles. The fraction of sp³-hybridized carbons (Fsp3) is 0.625. The van der Waals surface area contributed by atoms with E-state index in [0.29, 0.717) is 11.6 Å². The van der Waals surface area contributed by atoms with Gasteiger partial charge in [0, 0.05) is 30.8 Å². The molecule has 5 heteroatoms. The van der Waals surface area contributed by atoms with Crippen molar-refractivity contribution in [3.05, 3.63) is 35.4 Å². The Morgan fingerprint density at radius 3 is 2.81 bits per heavy atom. The maximum atomic E-state index is 13.9. The van der Waals surface area contributed by atoms with Gasteiger partial charge in [-0.2, -0.15) is 0 Å². The van der Waals surface area contributed by atoms with Gasteiger partial charge in [-0.05, 0) is 39.9 Å². The molecule has 0 spiro atoms. The second kappa shape index (κ2) is 7.29. The topological polar surface area (TPSA) is 24.5 Å². The summed E-state index contributed by atoms with van der Waals surface area (Å²) in [4.78, 5) is 2.25. The summed E-state index contributed by atoms with van der Waals surface area (Å²) in [5, 5.41) is 3.08. The zero-order chi connectivity index (χ0) is 15.4. The molecule has 3 nitrogen and oxygen atoms in total. The highest BCUT2D eigenvalue weighted by Crippen LogP contribution is 2.24. The zero-order valence-electron chi connectivity index (χ0n) is 12.9. The molecule has 1 fully saturated rings. The molecule has 0 saturated carbocycles. The van der Waals surface area contributed by atoms with Crippen molar-refractivity contribution >= 4 is 0 Å². The van der Waals surface area contributed by atoms with Crippen molar-refractivity contribution in [1.29, 1.82) is 0 Å². The SMILES string of the molecule is CNC(CCN(C)C1CCOC1C)c1cccc(F)c1F. The Hall–Kier alpha value is -1.04. The lowest BCUT2D eigenvalue weighted by Gasteiger charge is -2.28. The Kier molecular flexibility index (Phi) is 5.67. The first-order chi connectivity index (χ1) is 10.0. The standard InChI is InChI=1S/C16H24F2N2O/c1-11-15(8-10-21-11)20(3)9-7-14(19-2)12-5-4-6-13(17)16(12)18/h4-6,11,14-15,19H,7-10H2,1-3H3. The van der Waals surface area contributed by atoms with Gasteiger partial charge in [-0.25, -0.2) is 8.78 Å². The summed E-state index contributed by atoms with van der Waals surface area (Å²) in [5.74, 6) is -1.55. The van der Waals surface area contributed by atoms with Crippen molar-refractivity contribution in [2.24, 2.45) is 0 Å². The smallest absolute Gasteiger partial charge is 0.163 e. The first-order valence-corrected chi connectivity index (χ1v) is 7.47. The third kappa shape index (κ3) is 3.78. The van der Waals surface area contributed by atoms with Gasteiger partial charge in [0.25, 0.3) is 0 Å². The second-order valence-corrected chi connectivity index (χ2v) is 5.69. The summed E-state index contributed by atoms with van der Waals surface area (Å²) in [6.45, 7) is 3.68. The van der Waals surface area contributed by atoms with Crippen LogP contribution in [0.1, 0.15) is 31.4 Å². The molecule has 21 heavy (non-hydrogen) atoms. The van der Waals surface area contributed by atoms with Gasteiger partial charge in [-0.3, -0.25) is 0 Å². The Morgan fingerprint density at radius 1 is 1.43 bits per heavy atom. The largest absolute Gasteiger partial charge is 0.377 e. The minimum Gasteiger partial charge on any atom is -0.377 e. The molecule has 0 bridgehead atoms. The highest BCUT2D eigenvalue weighted by atomic mass is 19.2. The predicted molar refractivity (Wildman–Crippen MR) is 79.2 cm³/mol. The number of ether oxygens (including phenoxy) is 1. The molecule has 0 aliphatic carbocycles. The zero-order valence-corrected chi connectivity index (χ0v) is 12.9. The number of hydrogen-bond acceptors (Lipinski definition) is 3. The van der Waals surface area contributed by atoms with Crippen LogP contribution in [0.2, 0.25) is 0 Å². The molecule has 118 valence electrons. The molecule has 0 radical (unpaired) electrons. The van der Waals surface area contributed by atoms with Crippen LogP contribution in [0.25, 0.3) is 0 Å². The van der Waals surface area contributed by atoms with E-state index in [2.05, 4.69) is 24.2 Å². The van der Waals surface area contributed by atoms with Gasteiger partial charge >= 0.3 is 0 Å². The predicted octanol–water partition coefficient (Wildman–Crippen LogP) is 2.72. The van der Waals surface area contributed by atoms with Crippen LogP contribution in [0.3, 0.4) is 0 Å². The van der Waals surface area contributed by atoms with E-state index in [-0.39, 0.29) is 12.1 Å². The molecule has 2 rings (SSSR count). The lowest BCUT2D eigenvalue weighted by molar-refractivity contribution is 0.0824. The number of rotatable bonds is 6. The van der Waals surface area contributed by atoms with Gasteiger partial charge in [0.05, 0.1) is 6.10 Å². The van der Waals surface area contributed by atoms with E-state index >= 15 is 0 Å². The van der Waals surface area contributed by atoms with Crippen molar-refractivity contribution < 1.29 is 13.5 Å². The van der Waals surface area contributed by atoms with Crippen molar-refractivity contribution in [1.82, 2.24) is 10.2 Å². The number of nitrogens with one attached hydrogen (secondary N) is 1. The van der Waals surface area contributed by atoms with Crippen molar-refractivity contribution in [3.8, 4) is 0 Å². The van der Waals surface area contributed by atoms with Crippen LogP contribution in [0.15, 0.2) is 18.2 Å². The summed E-state index contributed by atoms with van der Waals surface area (Å²) < 4.78 is 32.8. The number of likely N-dealkylation sites (N-methyl/N-ethyl adjacent to an activating group) is 1. The third-order valence-corrected chi connectivity index (χ3v) is 4.38. The molecule has 1 heterocycles. The van der Waals surface area contributed by atoms with Gasteiger partial charge in [-0.15, -0.1) is 0 Å². The molecular formula is C16H24F2N2O. The number of hydrogen-bond donors (Lipinski definition) is 1. The molecule has 1 N–H and O–H groups in total.